The second kappa shape index (κ2) is 5.95. The first kappa shape index (κ1) is 16.9. The Labute approximate surface area is 131 Å². The maximum absolute atomic E-state index is 13.2. The summed E-state index contributed by atoms with van der Waals surface area (Å²) in [6.45, 7) is 5.38. The number of alkyl halides is 3. The van der Waals surface area contributed by atoms with Crippen LogP contribution in [-0.2, 0) is 6.18 Å². The van der Waals surface area contributed by atoms with E-state index in [1.807, 2.05) is 19.9 Å². The summed E-state index contributed by atoms with van der Waals surface area (Å²) in [5.41, 5.74) is 6.27. The van der Waals surface area contributed by atoms with Crippen LogP contribution in [0.15, 0.2) is 30.3 Å². The lowest BCUT2D eigenvalue weighted by Crippen LogP contribution is -2.16. The van der Waals surface area contributed by atoms with E-state index >= 15 is 0 Å². The first-order valence-corrected chi connectivity index (χ1v) is 6.87. The van der Waals surface area contributed by atoms with Gasteiger partial charge in [-0.2, -0.15) is 13.2 Å². The third kappa shape index (κ3) is 3.47. The molecule has 3 nitrogen and oxygen atoms in total. The number of hydrogen-bond acceptors (Lipinski definition) is 2. The van der Waals surface area contributed by atoms with Crippen LogP contribution < -0.4 is 10.5 Å². The van der Waals surface area contributed by atoms with Crippen molar-refractivity contribution in [2.75, 3.05) is 0 Å². The molecule has 0 aliphatic carbocycles. The quantitative estimate of drug-likeness (QED) is 0.903. The average Bonchev–Trinajstić information content (AvgIpc) is 2.43. The van der Waals surface area contributed by atoms with Crippen LogP contribution in [0.1, 0.15) is 32.6 Å². The number of ether oxygens (including phenoxy) is 1. The molecule has 0 aromatic heterocycles. The van der Waals surface area contributed by atoms with Crippen molar-refractivity contribution in [2.45, 2.75) is 26.9 Å². The van der Waals surface area contributed by atoms with Gasteiger partial charge in [0.15, 0.2) is 5.75 Å². The number of rotatable bonds is 3. The van der Waals surface area contributed by atoms with Gasteiger partial charge in [0, 0.05) is 0 Å². The molecule has 0 radical (unpaired) electrons. The van der Waals surface area contributed by atoms with E-state index in [0.29, 0.717) is 5.56 Å². The summed E-state index contributed by atoms with van der Waals surface area (Å²) < 4.78 is 45.2. The van der Waals surface area contributed by atoms with Gasteiger partial charge in [0.1, 0.15) is 5.75 Å². The molecular weight excluding hydrogens is 307 g/mol. The minimum Gasteiger partial charge on any atom is -0.456 e. The number of benzene rings is 2. The lowest BCUT2D eigenvalue weighted by Gasteiger charge is -2.18. The second-order valence-electron chi connectivity index (χ2n) is 5.35. The van der Waals surface area contributed by atoms with Crippen LogP contribution in [0.2, 0.25) is 0 Å². The van der Waals surface area contributed by atoms with Crippen molar-refractivity contribution in [3.63, 3.8) is 0 Å². The van der Waals surface area contributed by atoms with Gasteiger partial charge in [-0.1, -0.05) is 12.1 Å². The number of nitrogens with two attached hydrogens (primary N) is 1. The van der Waals surface area contributed by atoms with Crippen molar-refractivity contribution in [3.05, 3.63) is 58.1 Å². The highest BCUT2D eigenvalue weighted by Crippen LogP contribution is 2.41. The van der Waals surface area contributed by atoms with Gasteiger partial charge < -0.3 is 10.5 Å². The molecule has 0 spiro atoms. The fourth-order valence-corrected chi connectivity index (χ4v) is 2.28. The van der Waals surface area contributed by atoms with Crippen LogP contribution in [-0.4, -0.2) is 5.91 Å². The molecule has 0 saturated carbocycles. The van der Waals surface area contributed by atoms with Gasteiger partial charge in [-0.25, -0.2) is 0 Å². The summed E-state index contributed by atoms with van der Waals surface area (Å²) in [4.78, 5) is 11.5. The Hall–Kier alpha value is -2.50. The molecule has 0 bridgehead atoms. The predicted molar refractivity (Wildman–Crippen MR) is 80.7 cm³/mol. The summed E-state index contributed by atoms with van der Waals surface area (Å²) in [5.74, 6) is -1.28. The molecule has 0 saturated heterocycles. The minimum absolute atomic E-state index is 0.265. The highest BCUT2D eigenvalue weighted by atomic mass is 19.4. The number of aryl methyl sites for hydroxylation is 2. The number of carbonyl (C=O) groups excluding carboxylic acids is 1. The van der Waals surface area contributed by atoms with Gasteiger partial charge in [-0.05, 0) is 55.7 Å². The summed E-state index contributed by atoms with van der Waals surface area (Å²) >= 11 is 0. The standard InChI is InChI=1S/C17H16F3NO2/c1-9-7-10(2)11(3)14(8-9)23-15-12(16(21)22)5-4-6-13(15)17(18,19)20/h4-8H,1-3H3,(H2,21,22). The first-order valence-electron chi connectivity index (χ1n) is 6.87. The fraction of sp³-hybridized carbons (Fsp3) is 0.235. The van der Waals surface area contributed by atoms with E-state index in [1.54, 1.807) is 13.0 Å². The Morgan fingerprint density at radius 1 is 1.13 bits per heavy atom. The first-order chi connectivity index (χ1) is 10.6. The fourth-order valence-electron chi connectivity index (χ4n) is 2.28. The normalized spacial score (nSPS) is 11.4. The van der Waals surface area contributed by atoms with Crippen LogP contribution in [0.3, 0.4) is 0 Å². The van der Waals surface area contributed by atoms with Gasteiger partial charge in [0.2, 0.25) is 0 Å². The maximum Gasteiger partial charge on any atom is 0.420 e. The Bertz CT molecular complexity index is 767. The molecule has 0 aliphatic rings. The molecule has 2 rings (SSSR count). The maximum atomic E-state index is 13.2. The van der Waals surface area contributed by atoms with Crippen molar-refractivity contribution >= 4 is 5.91 Å². The molecule has 2 N–H and O–H groups in total. The Balaban J connectivity index is 2.65. The predicted octanol–water partition coefficient (Wildman–Crippen LogP) is 4.52. The molecule has 2 aromatic rings. The van der Waals surface area contributed by atoms with Crippen molar-refractivity contribution in [3.8, 4) is 11.5 Å². The molecule has 0 aliphatic heterocycles. The molecule has 23 heavy (non-hydrogen) atoms. The summed E-state index contributed by atoms with van der Waals surface area (Å²) in [7, 11) is 0. The van der Waals surface area contributed by atoms with E-state index in [1.165, 1.54) is 6.07 Å². The highest BCUT2D eigenvalue weighted by molar-refractivity contribution is 5.96. The van der Waals surface area contributed by atoms with E-state index in [4.69, 9.17) is 10.5 Å². The molecule has 2 aromatic carbocycles. The van der Waals surface area contributed by atoms with Crippen molar-refractivity contribution < 1.29 is 22.7 Å². The third-order valence-electron chi connectivity index (χ3n) is 3.56. The monoisotopic (exact) mass is 323 g/mol. The van der Waals surface area contributed by atoms with E-state index in [9.17, 15) is 18.0 Å². The summed E-state index contributed by atoms with van der Waals surface area (Å²) in [5, 5.41) is 0. The number of amides is 1. The molecule has 0 unspecified atom stereocenters. The van der Waals surface area contributed by atoms with E-state index in [0.717, 1.165) is 23.3 Å². The number of hydrogen-bond donors (Lipinski definition) is 1. The SMILES string of the molecule is Cc1cc(C)c(C)c(Oc2c(C(N)=O)cccc2C(F)(F)F)c1. The van der Waals surface area contributed by atoms with Crippen LogP contribution in [0, 0.1) is 20.8 Å². The lowest BCUT2D eigenvalue weighted by molar-refractivity contribution is -0.138. The molecular formula is C17H16F3NO2. The minimum atomic E-state index is -4.66. The number of halogens is 3. The van der Waals surface area contributed by atoms with Crippen LogP contribution in [0.25, 0.3) is 0 Å². The van der Waals surface area contributed by atoms with Crippen molar-refractivity contribution in [1.82, 2.24) is 0 Å². The van der Waals surface area contributed by atoms with Gasteiger partial charge in [0.25, 0.3) is 5.91 Å². The number of carbonyl (C=O) groups is 1. The van der Waals surface area contributed by atoms with E-state index in [2.05, 4.69) is 0 Å². The topological polar surface area (TPSA) is 52.3 Å². The van der Waals surface area contributed by atoms with Gasteiger partial charge in [-0.15, -0.1) is 0 Å². The smallest absolute Gasteiger partial charge is 0.420 e. The van der Waals surface area contributed by atoms with Crippen molar-refractivity contribution in [1.29, 1.82) is 0 Å². The van der Waals surface area contributed by atoms with Crippen molar-refractivity contribution in [2.24, 2.45) is 5.73 Å². The Morgan fingerprint density at radius 2 is 1.78 bits per heavy atom. The van der Waals surface area contributed by atoms with Crippen LogP contribution in [0.5, 0.6) is 11.5 Å². The molecule has 0 heterocycles. The summed E-state index contributed by atoms with van der Waals surface area (Å²) in [6, 6.07) is 6.72. The molecule has 6 heteroatoms. The number of primary amides is 1. The highest BCUT2D eigenvalue weighted by Gasteiger charge is 2.36. The zero-order valence-corrected chi connectivity index (χ0v) is 12.9. The Morgan fingerprint density at radius 3 is 2.35 bits per heavy atom. The molecule has 122 valence electrons. The van der Waals surface area contributed by atoms with Crippen LogP contribution >= 0.6 is 0 Å². The van der Waals surface area contributed by atoms with Crippen LogP contribution in [0.4, 0.5) is 13.2 Å². The number of para-hydroxylation sites is 1. The zero-order valence-electron chi connectivity index (χ0n) is 12.9. The second-order valence-corrected chi connectivity index (χ2v) is 5.35. The van der Waals surface area contributed by atoms with Gasteiger partial charge in [-0.3, -0.25) is 4.79 Å². The lowest BCUT2D eigenvalue weighted by atomic mass is 10.0. The third-order valence-corrected chi connectivity index (χ3v) is 3.56. The average molecular weight is 323 g/mol. The zero-order chi connectivity index (χ0) is 17.4. The molecule has 0 atom stereocenters. The van der Waals surface area contributed by atoms with Gasteiger partial charge in [0.05, 0.1) is 11.1 Å². The molecule has 0 fully saturated rings. The Kier molecular flexibility index (Phi) is 4.36. The summed E-state index contributed by atoms with van der Waals surface area (Å²) in [6.07, 6.45) is -4.66. The molecule has 1 amide bonds. The van der Waals surface area contributed by atoms with E-state index < -0.39 is 23.4 Å². The van der Waals surface area contributed by atoms with Gasteiger partial charge >= 0.3 is 6.18 Å². The largest absolute Gasteiger partial charge is 0.456 e. The van der Waals surface area contributed by atoms with E-state index in [-0.39, 0.29) is 11.3 Å².